The van der Waals surface area contributed by atoms with Crippen LogP contribution >= 0.6 is 0 Å². The van der Waals surface area contributed by atoms with Crippen molar-refractivity contribution in [3.05, 3.63) is 30.3 Å². The van der Waals surface area contributed by atoms with E-state index in [1.807, 2.05) is 37.3 Å². The smallest absolute Gasteiger partial charge is 0.224 e. The molecule has 1 aromatic rings. The van der Waals surface area contributed by atoms with Crippen LogP contribution in [0.4, 0.5) is 5.69 Å². The minimum absolute atomic E-state index is 0.0331. The second kappa shape index (κ2) is 6.19. The molecule has 0 fully saturated rings. The lowest BCUT2D eigenvalue weighted by Gasteiger charge is -2.10. The lowest BCUT2D eigenvalue weighted by molar-refractivity contribution is -0.117. The Bertz CT molecular complexity index is 298. The fraction of sp³-hybridized carbons (Fsp3) is 0.417. The molecule has 1 aromatic carbocycles. The van der Waals surface area contributed by atoms with Gasteiger partial charge in [0.2, 0.25) is 5.91 Å². The molecule has 1 amide bonds. The molecule has 0 aliphatic rings. The van der Waals surface area contributed by atoms with Crippen LogP contribution in [0.1, 0.15) is 13.3 Å². The second-order valence-electron chi connectivity index (χ2n) is 3.68. The van der Waals surface area contributed by atoms with E-state index in [2.05, 4.69) is 5.32 Å². The van der Waals surface area contributed by atoms with Crippen molar-refractivity contribution in [2.45, 2.75) is 13.3 Å². The van der Waals surface area contributed by atoms with Crippen LogP contribution in [0.25, 0.3) is 0 Å². The quantitative estimate of drug-likeness (QED) is 0.804. The molecule has 0 radical (unpaired) electrons. The first-order valence-corrected chi connectivity index (χ1v) is 5.06. The predicted molar refractivity (Wildman–Crippen MR) is 60.7 cm³/mol. The highest BCUT2D eigenvalue weighted by Gasteiger charge is 2.08. The molecular formula is C12H17NO2. The molecule has 1 N–H and O–H groups in total. The lowest BCUT2D eigenvalue weighted by Crippen LogP contribution is -2.17. The summed E-state index contributed by atoms with van der Waals surface area (Å²) >= 11 is 0. The number of rotatable bonds is 5. The van der Waals surface area contributed by atoms with E-state index in [1.165, 1.54) is 0 Å². The summed E-state index contributed by atoms with van der Waals surface area (Å²) in [5.41, 5.74) is 0.840. The van der Waals surface area contributed by atoms with Crippen LogP contribution in [0.2, 0.25) is 0 Å². The summed E-state index contributed by atoms with van der Waals surface area (Å²) in [5.74, 6) is 0.282. The van der Waals surface area contributed by atoms with Crippen molar-refractivity contribution in [1.29, 1.82) is 0 Å². The second-order valence-corrected chi connectivity index (χ2v) is 3.68. The van der Waals surface area contributed by atoms with Crippen LogP contribution in [0, 0.1) is 5.92 Å². The van der Waals surface area contributed by atoms with E-state index in [-0.39, 0.29) is 11.8 Å². The molecule has 3 nitrogen and oxygen atoms in total. The molecule has 0 aromatic heterocycles. The van der Waals surface area contributed by atoms with Crippen LogP contribution in [-0.4, -0.2) is 19.6 Å². The van der Waals surface area contributed by atoms with Crippen molar-refractivity contribution in [2.24, 2.45) is 5.92 Å². The first kappa shape index (κ1) is 11.7. The number of benzene rings is 1. The first-order chi connectivity index (χ1) is 7.22. The zero-order valence-electron chi connectivity index (χ0n) is 9.19. The van der Waals surface area contributed by atoms with Gasteiger partial charge in [0.1, 0.15) is 0 Å². The Labute approximate surface area is 90.4 Å². The number of para-hydroxylation sites is 1. The number of ether oxygens (including phenoxy) is 1. The maximum atomic E-state index is 11.5. The van der Waals surface area contributed by atoms with Gasteiger partial charge in [-0.15, -0.1) is 0 Å². The molecule has 1 rings (SSSR count). The molecule has 0 aliphatic carbocycles. The maximum Gasteiger partial charge on any atom is 0.224 e. The molecule has 1 atom stereocenters. The Morgan fingerprint density at radius 1 is 1.40 bits per heavy atom. The Hall–Kier alpha value is -1.35. The van der Waals surface area contributed by atoms with Crippen LogP contribution in [0.3, 0.4) is 0 Å². The highest BCUT2D eigenvalue weighted by Crippen LogP contribution is 2.08. The SMILES string of the molecule is COCC(C)CC(=O)Nc1ccccc1. The molecule has 3 heteroatoms. The van der Waals surface area contributed by atoms with Crippen molar-refractivity contribution >= 4 is 11.6 Å². The monoisotopic (exact) mass is 207 g/mol. The van der Waals surface area contributed by atoms with Crippen LogP contribution in [0.15, 0.2) is 30.3 Å². The van der Waals surface area contributed by atoms with E-state index in [4.69, 9.17) is 4.74 Å². The van der Waals surface area contributed by atoms with E-state index in [1.54, 1.807) is 7.11 Å². The number of anilines is 1. The zero-order valence-corrected chi connectivity index (χ0v) is 9.19. The van der Waals surface area contributed by atoms with Crippen LogP contribution < -0.4 is 5.32 Å². The number of hydrogen-bond donors (Lipinski definition) is 1. The maximum absolute atomic E-state index is 11.5. The molecule has 0 heterocycles. The first-order valence-electron chi connectivity index (χ1n) is 5.06. The number of hydrogen-bond acceptors (Lipinski definition) is 2. The summed E-state index contributed by atoms with van der Waals surface area (Å²) < 4.78 is 4.97. The molecule has 0 aliphatic heterocycles. The number of carbonyl (C=O) groups excluding carboxylic acids is 1. The number of carbonyl (C=O) groups is 1. The highest BCUT2D eigenvalue weighted by molar-refractivity contribution is 5.90. The van der Waals surface area contributed by atoms with Gasteiger partial charge in [-0.3, -0.25) is 4.79 Å². The van der Waals surface area contributed by atoms with Gasteiger partial charge in [-0.25, -0.2) is 0 Å². The molecule has 1 unspecified atom stereocenters. The molecule has 0 spiro atoms. The van der Waals surface area contributed by atoms with Gasteiger partial charge >= 0.3 is 0 Å². The fourth-order valence-electron chi connectivity index (χ4n) is 1.39. The summed E-state index contributed by atoms with van der Waals surface area (Å²) in [6.45, 7) is 2.61. The van der Waals surface area contributed by atoms with E-state index in [9.17, 15) is 4.79 Å². The minimum atomic E-state index is 0.0331. The average Bonchev–Trinajstić information content (AvgIpc) is 2.19. The highest BCUT2D eigenvalue weighted by atomic mass is 16.5. The molecule has 0 bridgehead atoms. The van der Waals surface area contributed by atoms with Gasteiger partial charge in [0, 0.05) is 25.8 Å². The summed E-state index contributed by atoms with van der Waals surface area (Å²) in [5, 5.41) is 2.84. The molecule has 0 saturated carbocycles. The molecule has 82 valence electrons. The Morgan fingerprint density at radius 3 is 2.67 bits per heavy atom. The van der Waals surface area contributed by atoms with Crippen molar-refractivity contribution in [3.8, 4) is 0 Å². The third-order valence-corrected chi connectivity index (χ3v) is 2.04. The van der Waals surface area contributed by atoms with Gasteiger partial charge in [-0.05, 0) is 18.1 Å². The number of methoxy groups -OCH3 is 1. The summed E-state index contributed by atoms with van der Waals surface area (Å²) in [4.78, 5) is 11.5. The standard InChI is InChI=1S/C12H17NO2/c1-10(9-15-2)8-12(14)13-11-6-4-3-5-7-11/h3-7,10H,8-9H2,1-2H3,(H,13,14). The number of nitrogens with one attached hydrogen (secondary N) is 1. The van der Waals surface area contributed by atoms with E-state index < -0.39 is 0 Å². The third kappa shape index (κ3) is 4.61. The topological polar surface area (TPSA) is 38.3 Å². The molecule has 15 heavy (non-hydrogen) atoms. The van der Waals surface area contributed by atoms with Gasteiger partial charge in [-0.1, -0.05) is 25.1 Å². The Kier molecular flexibility index (Phi) is 4.84. The van der Waals surface area contributed by atoms with Crippen LogP contribution in [0.5, 0.6) is 0 Å². The number of amides is 1. The average molecular weight is 207 g/mol. The summed E-state index contributed by atoms with van der Waals surface area (Å²) in [7, 11) is 1.64. The van der Waals surface area contributed by atoms with Crippen molar-refractivity contribution in [1.82, 2.24) is 0 Å². The van der Waals surface area contributed by atoms with Crippen molar-refractivity contribution in [3.63, 3.8) is 0 Å². The zero-order chi connectivity index (χ0) is 11.1. The van der Waals surface area contributed by atoms with E-state index in [0.717, 1.165) is 5.69 Å². The van der Waals surface area contributed by atoms with E-state index >= 15 is 0 Å². The van der Waals surface area contributed by atoms with Gasteiger partial charge in [0.05, 0.1) is 0 Å². The van der Waals surface area contributed by atoms with Crippen molar-refractivity contribution in [2.75, 3.05) is 19.0 Å². The molecule has 0 saturated heterocycles. The van der Waals surface area contributed by atoms with E-state index in [0.29, 0.717) is 13.0 Å². The van der Waals surface area contributed by atoms with Crippen molar-refractivity contribution < 1.29 is 9.53 Å². The van der Waals surface area contributed by atoms with Gasteiger partial charge in [-0.2, -0.15) is 0 Å². The van der Waals surface area contributed by atoms with Gasteiger partial charge < -0.3 is 10.1 Å². The molecular weight excluding hydrogens is 190 g/mol. The summed E-state index contributed by atoms with van der Waals surface area (Å²) in [6.07, 6.45) is 0.489. The fourth-order valence-corrected chi connectivity index (χ4v) is 1.39. The minimum Gasteiger partial charge on any atom is -0.384 e. The Balaban J connectivity index is 2.36. The lowest BCUT2D eigenvalue weighted by atomic mass is 10.1. The van der Waals surface area contributed by atoms with Gasteiger partial charge in [0.25, 0.3) is 0 Å². The largest absolute Gasteiger partial charge is 0.384 e. The predicted octanol–water partition coefficient (Wildman–Crippen LogP) is 2.30. The third-order valence-electron chi connectivity index (χ3n) is 2.04. The summed E-state index contributed by atoms with van der Waals surface area (Å²) in [6, 6.07) is 9.46. The normalized spacial score (nSPS) is 12.1. The Morgan fingerprint density at radius 2 is 2.07 bits per heavy atom. The van der Waals surface area contributed by atoms with Gasteiger partial charge in [0.15, 0.2) is 0 Å². The van der Waals surface area contributed by atoms with Crippen LogP contribution in [-0.2, 0) is 9.53 Å².